The summed E-state index contributed by atoms with van der Waals surface area (Å²) in [5.74, 6) is 0.670. The number of nitrogens with one attached hydrogen (secondary N) is 1. The molecule has 1 saturated heterocycles. The molecule has 0 saturated carbocycles. The molecule has 2 rings (SSSR count). The molecule has 2 atom stereocenters. The second-order valence-corrected chi connectivity index (χ2v) is 7.28. The van der Waals surface area contributed by atoms with Crippen LogP contribution < -0.4 is 5.32 Å². The Morgan fingerprint density at radius 2 is 2.12 bits per heavy atom. The summed E-state index contributed by atoms with van der Waals surface area (Å²) in [5, 5.41) is 13.7. The number of benzene rings is 1. The number of rotatable bonds is 6. The average Bonchev–Trinajstić information content (AvgIpc) is 2.55. The van der Waals surface area contributed by atoms with E-state index in [1.54, 1.807) is 12.1 Å². The van der Waals surface area contributed by atoms with Crippen LogP contribution in [0.2, 0.25) is 0 Å². The summed E-state index contributed by atoms with van der Waals surface area (Å²) in [6, 6.07) is 6.35. The quantitative estimate of drug-likeness (QED) is 0.471. The van der Waals surface area contributed by atoms with Gasteiger partial charge in [0.1, 0.15) is 0 Å². The van der Waals surface area contributed by atoms with E-state index < -0.39 is 4.92 Å². The third-order valence-electron chi connectivity index (χ3n) is 4.03. The number of hydrogen-bond donors (Lipinski definition) is 1. The molecule has 0 bridgehead atoms. The molecule has 1 aromatic rings. The number of halogens is 1. The lowest BCUT2D eigenvalue weighted by Gasteiger charge is -2.34. The average molecular weight is 374 g/mol. The molecule has 2 unspecified atom stereocenters. The van der Waals surface area contributed by atoms with Gasteiger partial charge in [-0.15, -0.1) is 24.2 Å². The highest BCUT2D eigenvalue weighted by molar-refractivity contribution is 8.00. The molecule has 1 aromatic carbocycles. The van der Waals surface area contributed by atoms with Crippen LogP contribution in [-0.4, -0.2) is 47.7 Å². The summed E-state index contributed by atoms with van der Waals surface area (Å²) in [6.45, 7) is 4.47. The fourth-order valence-corrected chi connectivity index (χ4v) is 3.83. The van der Waals surface area contributed by atoms with Crippen molar-refractivity contribution in [3.05, 3.63) is 34.4 Å². The molecule has 0 aliphatic carbocycles. The lowest BCUT2D eigenvalue weighted by molar-refractivity contribution is -0.384. The maximum Gasteiger partial charge on any atom is 0.269 e. The number of nitro benzene ring substituents is 1. The minimum Gasteiger partial charge on any atom is -0.341 e. The minimum absolute atomic E-state index is 0. The third-order valence-corrected chi connectivity index (χ3v) is 5.13. The predicted molar refractivity (Wildman–Crippen MR) is 98.9 cm³/mol. The van der Waals surface area contributed by atoms with Crippen molar-refractivity contribution in [1.29, 1.82) is 0 Å². The number of carbonyl (C=O) groups is 1. The first-order chi connectivity index (χ1) is 11.0. The fourth-order valence-electron chi connectivity index (χ4n) is 2.88. The van der Waals surface area contributed by atoms with Crippen molar-refractivity contribution in [2.24, 2.45) is 5.92 Å². The van der Waals surface area contributed by atoms with E-state index in [1.165, 1.54) is 23.9 Å². The molecule has 24 heavy (non-hydrogen) atoms. The number of amides is 1. The van der Waals surface area contributed by atoms with Gasteiger partial charge in [0.05, 0.1) is 10.2 Å². The van der Waals surface area contributed by atoms with Crippen LogP contribution in [0.3, 0.4) is 0 Å². The van der Waals surface area contributed by atoms with Crippen LogP contribution in [0, 0.1) is 16.0 Å². The van der Waals surface area contributed by atoms with Crippen molar-refractivity contribution >= 4 is 35.8 Å². The maximum atomic E-state index is 12.6. The van der Waals surface area contributed by atoms with E-state index in [-0.39, 0.29) is 29.3 Å². The zero-order valence-electron chi connectivity index (χ0n) is 13.9. The van der Waals surface area contributed by atoms with E-state index in [1.807, 2.05) is 18.9 Å². The Hall–Kier alpha value is -1.31. The van der Waals surface area contributed by atoms with Crippen molar-refractivity contribution in [3.63, 3.8) is 0 Å². The zero-order chi connectivity index (χ0) is 16.8. The smallest absolute Gasteiger partial charge is 0.269 e. The molecule has 0 aromatic heterocycles. The van der Waals surface area contributed by atoms with E-state index in [0.29, 0.717) is 5.92 Å². The van der Waals surface area contributed by atoms with Crippen LogP contribution in [0.25, 0.3) is 0 Å². The highest BCUT2D eigenvalue weighted by Crippen LogP contribution is 2.27. The molecule has 0 radical (unpaired) electrons. The topological polar surface area (TPSA) is 75.5 Å². The number of nitrogens with zero attached hydrogens (tertiary/aromatic N) is 2. The Kier molecular flexibility index (Phi) is 8.52. The summed E-state index contributed by atoms with van der Waals surface area (Å²) in [4.78, 5) is 25.7. The molecule has 1 fully saturated rings. The van der Waals surface area contributed by atoms with Crippen LogP contribution in [0.5, 0.6) is 0 Å². The molecule has 8 heteroatoms. The molecule has 6 nitrogen and oxygen atoms in total. The first-order valence-electron chi connectivity index (χ1n) is 7.85. The monoisotopic (exact) mass is 373 g/mol. The molecular weight excluding hydrogens is 350 g/mol. The second-order valence-electron chi connectivity index (χ2n) is 5.86. The number of nitro groups is 1. The summed E-state index contributed by atoms with van der Waals surface area (Å²) in [5.41, 5.74) is 0.0688. The molecular formula is C16H24ClN3O3S. The number of thioether (sulfide) groups is 1. The van der Waals surface area contributed by atoms with Gasteiger partial charge in [-0.3, -0.25) is 14.9 Å². The second kappa shape index (κ2) is 9.86. The van der Waals surface area contributed by atoms with E-state index >= 15 is 0 Å². The van der Waals surface area contributed by atoms with Crippen molar-refractivity contribution in [2.75, 3.05) is 26.7 Å². The minimum atomic E-state index is -0.418. The number of non-ortho nitro benzene ring substituents is 1. The van der Waals surface area contributed by atoms with Crippen LogP contribution in [0.4, 0.5) is 5.69 Å². The van der Waals surface area contributed by atoms with Crippen LogP contribution in [0.1, 0.15) is 19.8 Å². The number of piperidine rings is 1. The molecule has 0 spiro atoms. The summed E-state index contributed by atoms with van der Waals surface area (Å²) in [7, 11) is 1.94. The Morgan fingerprint density at radius 1 is 1.46 bits per heavy atom. The molecule has 1 aliphatic rings. The highest BCUT2D eigenvalue weighted by atomic mass is 35.5. The standard InChI is InChI=1S/C16H23N3O3S.ClH/c1-12(23-15-7-5-14(6-8-15)19(21)22)16(20)18-9-3-4-13(11-18)10-17-2;/h5-8,12-13,17H,3-4,9-11H2,1-2H3;1H. The maximum absolute atomic E-state index is 12.6. The Labute approximate surface area is 152 Å². The third kappa shape index (κ3) is 5.65. The highest BCUT2D eigenvalue weighted by Gasteiger charge is 2.27. The Bertz CT molecular complexity index is 554. The Morgan fingerprint density at radius 3 is 2.71 bits per heavy atom. The van der Waals surface area contributed by atoms with E-state index in [4.69, 9.17) is 0 Å². The molecule has 1 N–H and O–H groups in total. The van der Waals surface area contributed by atoms with Crippen LogP contribution >= 0.6 is 24.2 Å². The lowest BCUT2D eigenvalue weighted by atomic mass is 9.98. The van der Waals surface area contributed by atoms with E-state index in [2.05, 4.69) is 5.32 Å². The van der Waals surface area contributed by atoms with Gasteiger partial charge in [0.15, 0.2) is 0 Å². The van der Waals surface area contributed by atoms with Gasteiger partial charge in [-0.2, -0.15) is 0 Å². The van der Waals surface area contributed by atoms with Crippen LogP contribution in [-0.2, 0) is 4.79 Å². The normalized spacial score (nSPS) is 18.6. The summed E-state index contributed by atoms with van der Waals surface area (Å²) >= 11 is 1.45. The zero-order valence-corrected chi connectivity index (χ0v) is 15.6. The first-order valence-corrected chi connectivity index (χ1v) is 8.73. The van der Waals surface area contributed by atoms with Gasteiger partial charge >= 0.3 is 0 Å². The van der Waals surface area contributed by atoms with Crippen molar-refractivity contribution < 1.29 is 9.72 Å². The van der Waals surface area contributed by atoms with Gasteiger partial charge < -0.3 is 10.2 Å². The summed E-state index contributed by atoms with van der Waals surface area (Å²) in [6.07, 6.45) is 2.21. The number of hydrogen-bond acceptors (Lipinski definition) is 5. The largest absolute Gasteiger partial charge is 0.341 e. The fraction of sp³-hybridized carbons (Fsp3) is 0.562. The predicted octanol–water partition coefficient (Wildman–Crippen LogP) is 2.96. The lowest BCUT2D eigenvalue weighted by Crippen LogP contribution is -2.45. The van der Waals surface area contributed by atoms with E-state index in [9.17, 15) is 14.9 Å². The molecule has 134 valence electrons. The van der Waals surface area contributed by atoms with Crippen molar-refractivity contribution in [3.8, 4) is 0 Å². The van der Waals surface area contributed by atoms with Gasteiger partial charge in [-0.05, 0) is 51.4 Å². The van der Waals surface area contributed by atoms with Crippen LogP contribution in [0.15, 0.2) is 29.2 Å². The number of likely N-dealkylation sites (tertiary alicyclic amines) is 1. The molecule has 1 aliphatic heterocycles. The van der Waals surface area contributed by atoms with E-state index in [0.717, 1.165) is 37.4 Å². The van der Waals surface area contributed by atoms with Gasteiger partial charge in [0.2, 0.25) is 5.91 Å². The number of carbonyl (C=O) groups excluding carboxylic acids is 1. The first kappa shape index (κ1) is 20.7. The SMILES string of the molecule is CNCC1CCCN(C(=O)C(C)Sc2ccc([N+](=O)[O-])cc2)C1.Cl. The van der Waals surface area contributed by atoms with Crippen molar-refractivity contribution in [1.82, 2.24) is 10.2 Å². The van der Waals surface area contributed by atoms with Gasteiger partial charge in [-0.1, -0.05) is 0 Å². The van der Waals surface area contributed by atoms with Gasteiger partial charge in [-0.25, -0.2) is 0 Å². The molecule has 1 amide bonds. The summed E-state index contributed by atoms with van der Waals surface area (Å²) < 4.78 is 0. The van der Waals surface area contributed by atoms with Crippen molar-refractivity contribution in [2.45, 2.75) is 29.9 Å². The van der Waals surface area contributed by atoms with Gasteiger partial charge in [0, 0.05) is 30.1 Å². The van der Waals surface area contributed by atoms with Gasteiger partial charge in [0.25, 0.3) is 5.69 Å². The molecule has 1 heterocycles. The Balaban J connectivity index is 0.00000288.